The quantitative estimate of drug-likeness (QED) is 0.338. The maximum Gasteiger partial charge on any atom is 0.418 e. The van der Waals surface area contributed by atoms with Gasteiger partial charge in [-0.25, -0.2) is 14.2 Å². The number of hydrogen-bond donors (Lipinski definition) is 0. The molecule has 8 heteroatoms. The zero-order chi connectivity index (χ0) is 22.5. The Hall–Kier alpha value is -2.58. The average molecular weight is 459 g/mol. The molecule has 0 bridgehead atoms. The van der Waals surface area contributed by atoms with Crippen molar-refractivity contribution < 1.29 is 19.1 Å². The van der Waals surface area contributed by atoms with Gasteiger partial charge < -0.3 is 14.4 Å². The number of carbonyl (C=O) groups excluding carboxylic acids is 2. The summed E-state index contributed by atoms with van der Waals surface area (Å²) in [5.74, 6) is -0.398. The second-order valence-electron chi connectivity index (χ2n) is 6.88. The predicted molar refractivity (Wildman–Crippen MR) is 128 cm³/mol. The zero-order valence-corrected chi connectivity index (χ0v) is 19.8. The van der Waals surface area contributed by atoms with Gasteiger partial charge in [-0.1, -0.05) is 30.4 Å². The molecule has 0 N–H and O–H groups in total. The number of rotatable bonds is 6. The maximum atomic E-state index is 12.8. The molecule has 0 radical (unpaired) electrons. The number of fused-ring (bicyclic) bond motifs is 1. The van der Waals surface area contributed by atoms with E-state index in [1.54, 1.807) is 34.2 Å². The first-order valence-electron chi connectivity index (χ1n) is 9.61. The molecule has 3 rings (SSSR count). The largest absolute Gasteiger partial charge is 0.466 e. The van der Waals surface area contributed by atoms with E-state index in [1.165, 1.54) is 20.3 Å². The zero-order valence-electron chi connectivity index (χ0n) is 18.2. The molecule has 0 fully saturated rings. The Balaban J connectivity index is 2.16. The van der Waals surface area contributed by atoms with Crippen LogP contribution in [0.5, 0.6) is 0 Å². The van der Waals surface area contributed by atoms with E-state index < -0.39 is 12.1 Å². The summed E-state index contributed by atoms with van der Waals surface area (Å²) < 4.78 is 11.6. The Morgan fingerprint density at radius 2 is 1.84 bits per heavy atom. The standard InChI is InChI=1S/C23H26N2O4S2/c1-24-14-15(11-13-19(26)28-2)10-12-18(24)20-16-8-6-7-9-17(16)25(23(27)29-3)21(20)22(30-4)31-5/h6-14,18,22H,1-5H3/b13-11+. The van der Waals surface area contributed by atoms with Crippen LogP contribution in [-0.2, 0) is 14.3 Å². The van der Waals surface area contributed by atoms with Crippen molar-refractivity contribution in [3.05, 3.63) is 71.6 Å². The van der Waals surface area contributed by atoms with Crippen molar-refractivity contribution >= 4 is 46.5 Å². The molecule has 2 heterocycles. The number of nitrogens with zero attached hydrogens (tertiary/aromatic N) is 2. The van der Waals surface area contributed by atoms with Gasteiger partial charge in [-0.2, -0.15) is 0 Å². The van der Waals surface area contributed by atoms with Crippen LogP contribution in [0.25, 0.3) is 10.9 Å². The molecule has 31 heavy (non-hydrogen) atoms. The topological polar surface area (TPSA) is 60.8 Å². The number of aromatic nitrogens is 1. The Morgan fingerprint density at radius 3 is 2.45 bits per heavy atom. The molecule has 0 amide bonds. The van der Waals surface area contributed by atoms with Gasteiger partial charge in [0, 0.05) is 30.3 Å². The number of benzene rings is 1. The predicted octanol–water partition coefficient (Wildman–Crippen LogP) is 5.14. The minimum Gasteiger partial charge on any atom is -0.466 e. The van der Waals surface area contributed by atoms with Crippen LogP contribution in [0.15, 0.2) is 60.3 Å². The van der Waals surface area contributed by atoms with Gasteiger partial charge in [0.1, 0.15) is 0 Å². The van der Waals surface area contributed by atoms with Crippen LogP contribution in [0, 0.1) is 0 Å². The minimum absolute atomic E-state index is 0.0490. The number of esters is 1. The van der Waals surface area contributed by atoms with Gasteiger partial charge in [-0.15, -0.1) is 23.5 Å². The fourth-order valence-corrected chi connectivity index (χ4v) is 5.44. The summed E-state index contributed by atoms with van der Waals surface area (Å²) in [6, 6.07) is 7.83. The lowest BCUT2D eigenvalue weighted by Crippen LogP contribution is -2.23. The summed E-state index contributed by atoms with van der Waals surface area (Å²) in [6.07, 6.45) is 12.8. The van der Waals surface area contributed by atoms with Crippen molar-refractivity contribution in [1.29, 1.82) is 0 Å². The van der Waals surface area contributed by atoms with Gasteiger partial charge in [0.15, 0.2) is 0 Å². The number of methoxy groups -OCH3 is 2. The number of allylic oxidation sites excluding steroid dienone is 3. The van der Waals surface area contributed by atoms with Crippen molar-refractivity contribution in [2.45, 2.75) is 10.6 Å². The third-order valence-electron chi connectivity index (χ3n) is 5.13. The van der Waals surface area contributed by atoms with E-state index >= 15 is 0 Å². The molecule has 1 aliphatic rings. The summed E-state index contributed by atoms with van der Waals surface area (Å²) in [5, 5.41) is 1.01. The van der Waals surface area contributed by atoms with E-state index in [-0.39, 0.29) is 10.6 Å². The van der Waals surface area contributed by atoms with Crippen molar-refractivity contribution in [3.8, 4) is 0 Å². The van der Waals surface area contributed by atoms with E-state index in [4.69, 9.17) is 4.74 Å². The fourth-order valence-electron chi connectivity index (χ4n) is 3.76. The lowest BCUT2D eigenvalue weighted by Gasteiger charge is -2.30. The van der Waals surface area contributed by atoms with E-state index in [1.807, 2.05) is 56.1 Å². The van der Waals surface area contributed by atoms with Gasteiger partial charge in [0.05, 0.1) is 36.1 Å². The van der Waals surface area contributed by atoms with Crippen LogP contribution in [0.1, 0.15) is 21.9 Å². The normalized spacial score (nSPS) is 16.3. The van der Waals surface area contributed by atoms with E-state index in [2.05, 4.69) is 15.7 Å². The van der Waals surface area contributed by atoms with Gasteiger partial charge >= 0.3 is 12.1 Å². The van der Waals surface area contributed by atoms with E-state index in [0.29, 0.717) is 0 Å². The number of carbonyl (C=O) groups is 2. The van der Waals surface area contributed by atoms with Crippen LogP contribution < -0.4 is 0 Å². The van der Waals surface area contributed by atoms with E-state index in [9.17, 15) is 9.59 Å². The van der Waals surface area contributed by atoms with Gasteiger partial charge in [-0.3, -0.25) is 0 Å². The maximum absolute atomic E-state index is 12.8. The Morgan fingerprint density at radius 1 is 1.13 bits per heavy atom. The number of ether oxygens (including phenoxy) is 2. The van der Waals surface area contributed by atoms with Crippen LogP contribution in [-0.4, -0.2) is 55.3 Å². The number of hydrogen-bond acceptors (Lipinski definition) is 7. The van der Waals surface area contributed by atoms with Crippen LogP contribution in [0.4, 0.5) is 4.79 Å². The fraction of sp³-hybridized carbons (Fsp3) is 0.304. The Labute approximate surface area is 190 Å². The molecule has 1 aliphatic heterocycles. The monoisotopic (exact) mass is 458 g/mol. The summed E-state index contributed by atoms with van der Waals surface area (Å²) >= 11 is 3.38. The van der Waals surface area contributed by atoms with Crippen molar-refractivity contribution in [1.82, 2.24) is 9.47 Å². The van der Waals surface area contributed by atoms with Crippen molar-refractivity contribution in [2.24, 2.45) is 0 Å². The molecule has 0 saturated heterocycles. The Kier molecular flexibility index (Phi) is 7.56. The van der Waals surface area contributed by atoms with Crippen LogP contribution >= 0.6 is 23.5 Å². The SMILES string of the molecule is COC(=O)/C=C/C1=CN(C)C(c2c(C(SC)SC)n(C(=O)OC)c3ccccc23)C=C1. The van der Waals surface area contributed by atoms with Crippen molar-refractivity contribution in [3.63, 3.8) is 0 Å². The highest BCUT2D eigenvalue weighted by molar-refractivity contribution is 8.15. The van der Waals surface area contributed by atoms with E-state index in [0.717, 1.165) is 27.7 Å². The number of para-hydroxylation sites is 1. The molecular formula is C23H26N2O4S2. The second-order valence-corrected chi connectivity index (χ2v) is 9.06. The molecule has 1 aromatic carbocycles. The first-order chi connectivity index (χ1) is 15.0. The highest BCUT2D eigenvalue weighted by Gasteiger charge is 2.32. The second kappa shape index (κ2) is 10.2. The third-order valence-corrected chi connectivity index (χ3v) is 7.59. The summed E-state index contributed by atoms with van der Waals surface area (Å²) in [7, 11) is 4.75. The first-order valence-corrected chi connectivity index (χ1v) is 12.2. The van der Waals surface area contributed by atoms with Crippen LogP contribution in [0.2, 0.25) is 0 Å². The highest BCUT2D eigenvalue weighted by Crippen LogP contribution is 2.46. The molecule has 1 unspecified atom stereocenters. The molecule has 0 aliphatic carbocycles. The van der Waals surface area contributed by atoms with Crippen LogP contribution in [0.3, 0.4) is 0 Å². The van der Waals surface area contributed by atoms with Gasteiger partial charge in [0.25, 0.3) is 0 Å². The molecule has 1 atom stereocenters. The lowest BCUT2D eigenvalue weighted by atomic mass is 9.98. The molecule has 0 saturated carbocycles. The molecule has 2 aromatic rings. The smallest absolute Gasteiger partial charge is 0.418 e. The lowest BCUT2D eigenvalue weighted by molar-refractivity contribution is -0.134. The Bertz CT molecular complexity index is 1070. The summed E-state index contributed by atoms with van der Waals surface area (Å²) in [6.45, 7) is 0. The van der Waals surface area contributed by atoms with Crippen molar-refractivity contribution in [2.75, 3.05) is 33.8 Å². The van der Waals surface area contributed by atoms with Gasteiger partial charge in [0.2, 0.25) is 0 Å². The minimum atomic E-state index is -0.398. The summed E-state index contributed by atoms with van der Waals surface area (Å²) in [5.41, 5.74) is 3.71. The highest BCUT2D eigenvalue weighted by atomic mass is 32.2. The molecule has 0 spiro atoms. The average Bonchev–Trinajstić information content (AvgIpc) is 3.12. The van der Waals surface area contributed by atoms with Gasteiger partial charge in [-0.05, 0) is 30.2 Å². The number of likely N-dealkylation sites (N-methyl/N-ethyl adjacent to an activating group) is 1. The molecule has 6 nitrogen and oxygen atoms in total. The number of thioether (sulfide) groups is 2. The molecule has 164 valence electrons. The molecule has 1 aromatic heterocycles. The first kappa shape index (κ1) is 23.1. The third kappa shape index (κ3) is 4.55. The summed E-state index contributed by atoms with van der Waals surface area (Å²) in [4.78, 5) is 26.3. The molecular weight excluding hydrogens is 432 g/mol.